The van der Waals surface area contributed by atoms with Crippen molar-refractivity contribution in [3.05, 3.63) is 35.6 Å². The number of rotatable bonds is 3. The molecule has 0 bridgehead atoms. The van der Waals surface area contributed by atoms with Crippen LogP contribution in [0.3, 0.4) is 0 Å². The van der Waals surface area contributed by atoms with Crippen molar-refractivity contribution in [3.63, 3.8) is 0 Å². The van der Waals surface area contributed by atoms with Crippen molar-refractivity contribution >= 4 is 12.0 Å². The maximum absolute atomic E-state index is 13.1. The zero-order valence-corrected chi connectivity index (χ0v) is 13.7. The molecule has 0 aromatic heterocycles. The number of hydrogen-bond acceptors (Lipinski definition) is 4. The van der Waals surface area contributed by atoms with E-state index in [1.165, 1.54) is 19.2 Å². The molecule has 0 N–H and O–H groups in total. The third-order valence-electron chi connectivity index (χ3n) is 3.96. The summed E-state index contributed by atoms with van der Waals surface area (Å²) in [6.45, 7) is 1.81. The van der Waals surface area contributed by atoms with Crippen LogP contribution in [-0.2, 0) is 9.53 Å². The molecule has 1 heterocycles. The van der Waals surface area contributed by atoms with Crippen molar-refractivity contribution in [1.29, 1.82) is 0 Å². The zero-order valence-electron chi connectivity index (χ0n) is 13.7. The van der Waals surface area contributed by atoms with E-state index in [1.807, 2.05) is 19.0 Å². The Morgan fingerprint density at radius 1 is 1.09 bits per heavy atom. The Bertz CT molecular complexity index is 554. The summed E-state index contributed by atoms with van der Waals surface area (Å²) in [4.78, 5) is 29.4. The summed E-state index contributed by atoms with van der Waals surface area (Å²) >= 11 is 0. The predicted molar refractivity (Wildman–Crippen MR) is 83.4 cm³/mol. The van der Waals surface area contributed by atoms with Gasteiger partial charge in [-0.1, -0.05) is 12.1 Å². The van der Waals surface area contributed by atoms with Gasteiger partial charge in [-0.3, -0.25) is 9.69 Å². The average Bonchev–Trinajstić information content (AvgIpc) is 2.56. The first-order valence-corrected chi connectivity index (χ1v) is 7.47. The molecule has 0 spiro atoms. The minimum Gasteiger partial charge on any atom is -0.453 e. The summed E-state index contributed by atoms with van der Waals surface area (Å²) in [6, 6.07) is 5.49. The number of halogens is 1. The second-order valence-corrected chi connectivity index (χ2v) is 5.70. The van der Waals surface area contributed by atoms with Gasteiger partial charge in [0.05, 0.1) is 7.11 Å². The highest BCUT2D eigenvalue weighted by Gasteiger charge is 2.31. The Kier molecular flexibility index (Phi) is 5.54. The summed E-state index contributed by atoms with van der Waals surface area (Å²) < 4.78 is 17.8. The Morgan fingerprint density at radius 2 is 1.61 bits per heavy atom. The molecule has 0 saturated carbocycles. The van der Waals surface area contributed by atoms with Crippen LogP contribution in [0, 0.1) is 5.82 Å². The third kappa shape index (κ3) is 3.98. The van der Waals surface area contributed by atoms with Gasteiger partial charge in [0.15, 0.2) is 0 Å². The summed E-state index contributed by atoms with van der Waals surface area (Å²) in [5.74, 6) is -0.378. The summed E-state index contributed by atoms with van der Waals surface area (Å²) in [5, 5.41) is 0. The minimum atomic E-state index is -0.472. The van der Waals surface area contributed by atoms with E-state index in [2.05, 4.69) is 0 Å². The topological polar surface area (TPSA) is 53.1 Å². The van der Waals surface area contributed by atoms with Crippen LogP contribution >= 0.6 is 0 Å². The van der Waals surface area contributed by atoms with Gasteiger partial charge in [0.1, 0.15) is 11.9 Å². The van der Waals surface area contributed by atoms with Gasteiger partial charge < -0.3 is 14.5 Å². The van der Waals surface area contributed by atoms with E-state index in [0.29, 0.717) is 26.2 Å². The molecule has 7 heteroatoms. The van der Waals surface area contributed by atoms with Crippen LogP contribution < -0.4 is 0 Å². The second-order valence-electron chi connectivity index (χ2n) is 5.70. The standard InChI is InChI=1S/C16H22FN3O3/c1-18(2)14(12-4-6-13(17)7-5-12)15(21)19-8-10-20(11-9-19)16(22)23-3/h4-7,14H,8-11H2,1-3H3. The lowest BCUT2D eigenvalue weighted by atomic mass is 10.0. The molecule has 1 atom stereocenters. The van der Waals surface area contributed by atoms with Gasteiger partial charge in [-0.2, -0.15) is 0 Å². The van der Waals surface area contributed by atoms with Gasteiger partial charge in [-0.15, -0.1) is 0 Å². The molecule has 0 radical (unpaired) electrons. The quantitative estimate of drug-likeness (QED) is 0.842. The smallest absolute Gasteiger partial charge is 0.409 e. The normalized spacial score (nSPS) is 16.4. The summed E-state index contributed by atoms with van der Waals surface area (Å²) in [7, 11) is 4.98. The molecular formula is C16H22FN3O3. The summed E-state index contributed by atoms with van der Waals surface area (Å²) in [5.41, 5.74) is 0.747. The van der Waals surface area contributed by atoms with E-state index < -0.39 is 6.04 Å². The SMILES string of the molecule is COC(=O)N1CCN(C(=O)C(c2ccc(F)cc2)N(C)C)CC1. The number of carbonyl (C=O) groups excluding carboxylic acids is 2. The van der Waals surface area contributed by atoms with Crippen LogP contribution in [0.4, 0.5) is 9.18 Å². The second kappa shape index (κ2) is 7.41. The summed E-state index contributed by atoms with van der Waals surface area (Å²) in [6.07, 6.45) is -0.375. The maximum atomic E-state index is 13.1. The van der Waals surface area contributed by atoms with Crippen molar-refractivity contribution < 1.29 is 18.7 Å². The van der Waals surface area contributed by atoms with E-state index in [4.69, 9.17) is 4.74 Å². The first-order chi connectivity index (χ1) is 10.9. The predicted octanol–water partition coefficient (Wildman–Crippen LogP) is 1.34. The van der Waals surface area contributed by atoms with Crippen LogP contribution in [0.5, 0.6) is 0 Å². The lowest BCUT2D eigenvalue weighted by molar-refractivity contribution is -0.138. The maximum Gasteiger partial charge on any atom is 0.409 e. The van der Waals surface area contributed by atoms with E-state index in [0.717, 1.165) is 5.56 Å². The monoisotopic (exact) mass is 323 g/mol. The van der Waals surface area contributed by atoms with Crippen LogP contribution in [0.15, 0.2) is 24.3 Å². The number of amides is 2. The molecule has 1 saturated heterocycles. The number of ether oxygens (including phenoxy) is 1. The Labute approximate surface area is 135 Å². The third-order valence-corrected chi connectivity index (χ3v) is 3.96. The van der Waals surface area contributed by atoms with Crippen LogP contribution in [0.25, 0.3) is 0 Å². The lowest BCUT2D eigenvalue weighted by Gasteiger charge is -2.37. The van der Waals surface area contributed by atoms with Crippen LogP contribution in [0.2, 0.25) is 0 Å². The highest BCUT2D eigenvalue weighted by atomic mass is 19.1. The fourth-order valence-electron chi connectivity index (χ4n) is 2.72. The Hall–Kier alpha value is -2.15. The molecule has 23 heavy (non-hydrogen) atoms. The van der Waals surface area contributed by atoms with E-state index in [-0.39, 0.29) is 17.8 Å². The highest BCUT2D eigenvalue weighted by molar-refractivity contribution is 5.83. The molecule has 2 amide bonds. The molecule has 126 valence electrons. The average molecular weight is 323 g/mol. The molecule has 1 aliphatic heterocycles. The fourth-order valence-corrected chi connectivity index (χ4v) is 2.72. The van der Waals surface area contributed by atoms with Gasteiger partial charge in [0.2, 0.25) is 5.91 Å². The van der Waals surface area contributed by atoms with Crippen molar-refractivity contribution in [1.82, 2.24) is 14.7 Å². The minimum absolute atomic E-state index is 0.0499. The van der Waals surface area contributed by atoms with Crippen molar-refractivity contribution in [2.45, 2.75) is 6.04 Å². The molecule has 6 nitrogen and oxygen atoms in total. The van der Waals surface area contributed by atoms with E-state index in [9.17, 15) is 14.0 Å². The fraction of sp³-hybridized carbons (Fsp3) is 0.500. The number of methoxy groups -OCH3 is 1. The molecule has 1 aromatic rings. The number of benzene rings is 1. The zero-order chi connectivity index (χ0) is 17.0. The highest BCUT2D eigenvalue weighted by Crippen LogP contribution is 2.22. The van der Waals surface area contributed by atoms with Gasteiger partial charge >= 0.3 is 6.09 Å². The number of likely N-dealkylation sites (N-methyl/N-ethyl adjacent to an activating group) is 1. The number of hydrogen-bond donors (Lipinski definition) is 0. The Balaban J connectivity index is 2.08. The van der Waals surface area contributed by atoms with Crippen LogP contribution in [0.1, 0.15) is 11.6 Å². The number of piperazine rings is 1. The van der Waals surface area contributed by atoms with E-state index >= 15 is 0 Å². The molecule has 0 aliphatic carbocycles. The lowest BCUT2D eigenvalue weighted by Crippen LogP contribution is -2.52. The molecule has 1 unspecified atom stereocenters. The first kappa shape index (κ1) is 17.2. The molecule has 1 aromatic carbocycles. The van der Waals surface area contributed by atoms with Gasteiger partial charge in [-0.25, -0.2) is 9.18 Å². The van der Waals surface area contributed by atoms with Crippen LogP contribution in [-0.4, -0.2) is 74.1 Å². The molecule has 1 aliphatic rings. The molecular weight excluding hydrogens is 301 g/mol. The van der Waals surface area contributed by atoms with Crippen molar-refractivity contribution in [2.24, 2.45) is 0 Å². The van der Waals surface area contributed by atoms with Crippen molar-refractivity contribution in [3.8, 4) is 0 Å². The van der Waals surface area contributed by atoms with Gasteiger partial charge in [-0.05, 0) is 31.8 Å². The molecule has 1 fully saturated rings. The largest absolute Gasteiger partial charge is 0.453 e. The Morgan fingerprint density at radius 3 is 2.09 bits per heavy atom. The number of nitrogens with zero attached hydrogens (tertiary/aromatic N) is 3. The van der Waals surface area contributed by atoms with Gasteiger partial charge in [0.25, 0.3) is 0 Å². The van der Waals surface area contributed by atoms with Gasteiger partial charge in [0, 0.05) is 26.2 Å². The molecule has 2 rings (SSSR count). The van der Waals surface area contributed by atoms with E-state index in [1.54, 1.807) is 21.9 Å². The first-order valence-electron chi connectivity index (χ1n) is 7.47. The van der Waals surface area contributed by atoms with Crippen molar-refractivity contribution in [2.75, 3.05) is 47.4 Å². The number of carbonyl (C=O) groups is 2.